The van der Waals surface area contributed by atoms with E-state index < -0.39 is 25.9 Å². The molecular formula is C18H34Cl2O3Si. The van der Waals surface area contributed by atoms with Gasteiger partial charge in [0, 0.05) is 11.5 Å². The smallest absolute Gasteiger partial charge is 0.192 e. The molecule has 0 unspecified atom stereocenters. The second-order valence-corrected chi connectivity index (χ2v) is 13.6. The van der Waals surface area contributed by atoms with Gasteiger partial charge >= 0.3 is 0 Å². The van der Waals surface area contributed by atoms with Gasteiger partial charge in [0.15, 0.2) is 8.32 Å². The number of alkyl halides is 1. The van der Waals surface area contributed by atoms with E-state index in [1.807, 2.05) is 6.08 Å². The lowest BCUT2D eigenvalue weighted by atomic mass is 10.0. The molecule has 142 valence electrons. The number of aliphatic hydroxyl groups excluding tert-OH is 2. The van der Waals surface area contributed by atoms with Crippen LogP contribution >= 0.6 is 23.2 Å². The maximum atomic E-state index is 10.2. The lowest BCUT2D eigenvalue weighted by Crippen LogP contribution is -2.43. The van der Waals surface area contributed by atoms with Crippen LogP contribution in [0.15, 0.2) is 23.8 Å². The van der Waals surface area contributed by atoms with Gasteiger partial charge in [0.2, 0.25) is 0 Å². The predicted molar refractivity (Wildman–Crippen MR) is 107 cm³/mol. The summed E-state index contributed by atoms with van der Waals surface area (Å²) in [5.41, 5.74) is 0. The monoisotopic (exact) mass is 396 g/mol. The number of allylic oxidation sites excluding steroid dienone is 3. The molecule has 0 aromatic heterocycles. The third-order valence-electron chi connectivity index (χ3n) is 4.56. The molecule has 0 bridgehead atoms. The molecular weight excluding hydrogens is 363 g/mol. The van der Waals surface area contributed by atoms with Gasteiger partial charge in [-0.3, -0.25) is 0 Å². The summed E-state index contributed by atoms with van der Waals surface area (Å²) in [6.07, 6.45) is 4.21. The summed E-state index contributed by atoms with van der Waals surface area (Å²) in [6.45, 7) is 14.7. The van der Waals surface area contributed by atoms with Crippen LogP contribution in [0.5, 0.6) is 0 Å². The van der Waals surface area contributed by atoms with E-state index in [1.165, 1.54) is 0 Å². The maximum absolute atomic E-state index is 10.2. The van der Waals surface area contributed by atoms with Gasteiger partial charge in [0.1, 0.15) is 0 Å². The average molecular weight is 397 g/mol. The average Bonchev–Trinajstić information content (AvgIpc) is 2.47. The highest BCUT2D eigenvalue weighted by Crippen LogP contribution is 2.36. The molecule has 0 aromatic rings. The molecule has 0 aliphatic carbocycles. The molecule has 0 saturated heterocycles. The van der Waals surface area contributed by atoms with Gasteiger partial charge < -0.3 is 14.6 Å². The molecule has 3 nitrogen and oxygen atoms in total. The van der Waals surface area contributed by atoms with Crippen LogP contribution in [0.4, 0.5) is 0 Å². The Bertz CT molecular complexity index is 406. The largest absolute Gasteiger partial charge is 0.415 e. The quantitative estimate of drug-likeness (QED) is 0.286. The molecule has 0 aliphatic heterocycles. The van der Waals surface area contributed by atoms with Gasteiger partial charge in [-0.15, -0.1) is 18.2 Å². The molecule has 24 heavy (non-hydrogen) atoms. The zero-order chi connectivity index (χ0) is 19.0. The van der Waals surface area contributed by atoms with E-state index in [9.17, 15) is 10.2 Å². The lowest BCUT2D eigenvalue weighted by Gasteiger charge is -2.37. The van der Waals surface area contributed by atoms with Gasteiger partial charge in [-0.25, -0.2) is 0 Å². The molecule has 6 heteroatoms. The summed E-state index contributed by atoms with van der Waals surface area (Å²) in [6, 6.07) is 0. The molecule has 0 aromatic carbocycles. The topological polar surface area (TPSA) is 49.7 Å². The molecule has 0 radical (unpaired) electrons. The van der Waals surface area contributed by atoms with Crippen LogP contribution < -0.4 is 0 Å². The van der Waals surface area contributed by atoms with E-state index in [0.29, 0.717) is 30.9 Å². The van der Waals surface area contributed by atoms with Crippen molar-refractivity contribution >= 4 is 31.5 Å². The molecule has 3 atom stereocenters. The minimum atomic E-state index is -1.89. The fourth-order valence-corrected chi connectivity index (χ4v) is 3.28. The Hall–Kier alpha value is 0.157. The third kappa shape index (κ3) is 9.59. The van der Waals surface area contributed by atoms with E-state index in [0.717, 1.165) is 0 Å². The second kappa shape index (κ2) is 11.0. The Morgan fingerprint density at radius 2 is 1.88 bits per heavy atom. The number of hydrogen-bond donors (Lipinski definition) is 2. The fourth-order valence-electron chi connectivity index (χ4n) is 1.78. The lowest BCUT2D eigenvalue weighted by molar-refractivity contribution is 0.0643. The normalized spacial score (nSPS) is 17.5. The third-order valence-corrected chi connectivity index (χ3v) is 9.82. The molecule has 0 aliphatic rings. The second-order valence-electron chi connectivity index (χ2n) is 7.76. The first kappa shape index (κ1) is 24.2. The highest BCUT2D eigenvalue weighted by Gasteiger charge is 2.38. The van der Waals surface area contributed by atoms with Crippen molar-refractivity contribution in [1.82, 2.24) is 0 Å². The Labute approximate surface area is 158 Å². The molecule has 0 amide bonds. The van der Waals surface area contributed by atoms with Crippen LogP contribution in [0.1, 0.15) is 46.5 Å². The van der Waals surface area contributed by atoms with Gasteiger partial charge in [0.05, 0.1) is 24.2 Å². The van der Waals surface area contributed by atoms with Gasteiger partial charge in [-0.2, -0.15) is 0 Å². The van der Waals surface area contributed by atoms with Crippen LogP contribution in [-0.2, 0) is 4.43 Å². The highest BCUT2D eigenvalue weighted by molar-refractivity contribution is 6.74. The molecule has 0 saturated carbocycles. The van der Waals surface area contributed by atoms with Crippen LogP contribution in [0, 0.1) is 0 Å². The first-order valence-corrected chi connectivity index (χ1v) is 12.2. The Morgan fingerprint density at radius 1 is 1.29 bits per heavy atom. The van der Waals surface area contributed by atoms with Crippen molar-refractivity contribution in [3.63, 3.8) is 0 Å². The summed E-state index contributed by atoms with van der Waals surface area (Å²) in [7, 11) is -1.89. The minimum absolute atomic E-state index is 0.0998. The maximum Gasteiger partial charge on any atom is 0.192 e. The van der Waals surface area contributed by atoms with Gasteiger partial charge in [-0.05, 0) is 37.4 Å². The molecule has 0 fully saturated rings. The van der Waals surface area contributed by atoms with Crippen molar-refractivity contribution in [2.24, 2.45) is 0 Å². The SMILES string of the molecule is C=CC/C=C(\Cl)CC[C@@H](O)C[C@@H](O)[C@@H](Cl)CO[Si](C)(C)C(C)(C)C. The summed E-state index contributed by atoms with van der Waals surface area (Å²) in [4.78, 5) is 0. The van der Waals surface area contributed by atoms with Crippen LogP contribution in [-0.4, -0.2) is 42.7 Å². The van der Waals surface area contributed by atoms with E-state index in [4.69, 9.17) is 27.6 Å². The zero-order valence-corrected chi connectivity index (χ0v) is 18.2. The van der Waals surface area contributed by atoms with E-state index in [1.54, 1.807) is 6.08 Å². The van der Waals surface area contributed by atoms with Crippen molar-refractivity contribution in [1.29, 1.82) is 0 Å². The zero-order valence-electron chi connectivity index (χ0n) is 15.7. The molecule has 0 heterocycles. The summed E-state index contributed by atoms with van der Waals surface area (Å²) in [5.74, 6) is 0. The first-order valence-electron chi connectivity index (χ1n) is 8.50. The van der Waals surface area contributed by atoms with Crippen LogP contribution in [0.25, 0.3) is 0 Å². The summed E-state index contributed by atoms with van der Waals surface area (Å²) >= 11 is 12.3. The van der Waals surface area contributed by atoms with Crippen molar-refractivity contribution in [3.05, 3.63) is 23.8 Å². The first-order chi connectivity index (χ1) is 10.9. The highest BCUT2D eigenvalue weighted by atomic mass is 35.5. The van der Waals surface area contributed by atoms with Crippen molar-refractivity contribution in [2.45, 2.75) is 82.2 Å². The predicted octanol–water partition coefficient (Wildman–Crippen LogP) is 5.21. The Balaban J connectivity index is 4.26. The van der Waals surface area contributed by atoms with Gasteiger partial charge in [0.25, 0.3) is 0 Å². The summed E-state index contributed by atoms with van der Waals surface area (Å²) < 4.78 is 6.03. The van der Waals surface area contributed by atoms with E-state index in [2.05, 4.69) is 40.4 Å². The summed E-state index contributed by atoms with van der Waals surface area (Å²) in [5, 5.41) is 20.5. The standard InChI is InChI=1S/C18H34Cl2O3Si/c1-7-8-9-14(19)10-11-15(21)12-17(22)16(20)13-23-24(5,6)18(2,3)4/h7,9,15-17,21-22H,1,8,10-13H2,2-6H3/b14-9-/t15-,16+,17-/m1/s1. The minimum Gasteiger partial charge on any atom is -0.415 e. The van der Waals surface area contributed by atoms with Gasteiger partial charge in [-0.1, -0.05) is 44.5 Å². The molecule has 0 spiro atoms. The Kier molecular flexibility index (Phi) is 11.1. The van der Waals surface area contributed by atoms with Crippen LogP contribution in [0.2, 0.25) is 18.1 Å². The van der Waals surface area contributed by atoms with Crippen molar-refractivity contribution < 1.29 is 14.6 Å². The number of rotatable bonds is 11. The van der Waals surface area contributed by atoms with E-state index in [-0.39, 0.29) is 11.5 Å². The van der Waals surface area contributed by atoms with Crippen molar-refractivity contribution in [2.75, 3.05) is 6.61 Å². The fraction of sp³-hybridized carbons (Fsp3) is 0.778. The van der Waals surface area contributed by atoms with Crippen LogP contribution in [0.3, 0.4) is 0 Å². The molecule has 2 N–H and O–H groups in total. The molecule has 0 rings (SSSR count). The number of aliphatic hydroxyl groups is 2. The number of halogens is 2. The Morgan fingerprint density at radius 3 is 2.38 bits per heavy atom. The van der Waals surface area contributed by atoms with E-state index >= 15 is 0 Å². The van der Waals surface area contributed by atoms with Crippen molar-refractivity contribution in [3.8, 4) is 0 Å². The number of hydrogen-bond acceptors (Lipinski definition) is 3.